The number of aliphatic carboxylic acids is 1. The summed E-state index contributed by atoms with van der Waals surface area (Å²) >= 11 is 4.43. The summed E-state index contributed by atoms with van der Waals surface area (Å²) < 4.78 is 0. The summed E-state index contributed by atoms with van der Waals surface area (Å²) in [6.45, 7) is 0. The minimum atomic E-state index is -1.16. The molecule has 2 atom stereocenters. The lowest BCUT2D eigenvalue weighted by Crippen LogP contribution is -2.61. The fourth-order valence-corrected chi connectivity index (χ4v) is 4.28. The predicted octanol–water partition coefficient (Wildman–Crippen LogP) is 2.47. The van der Waals surface area contributed by atoms with Crippen LogP contribution in [0.2, 0.25) is 0 Å². The Labute approximate surface area is 192 Å². The molecule has 0 radical (unpaired) electrons. The van der Waals surface area contributed by atoms with E-state index in [9.17, 15) is 24.6 Å². The first-order chi connectivity index (χ1) is 15.3. The summed E-state index contributed by atoms with van der Waals surface area (Å²) in [5.74, 6) is -1.93. The molecule has 3 rings (SSSR count). The number of hydrogen-bond donors (Lipinski definition) is 5. The van der Waals surface area contributed by atoms with Gasteiger partial charge >= 0.3 is 5.97 Å². The Kier molecular flexibility index (Phi) is 7.80. The Bertz CT molecular complexity index is 943. The van der Waals surface area contributed by atoms with Crippen LogP contribution in [-0.2, 0) is 27.2 Å². The molecule has 0 unspecified atom stereocenters. The third-order valence-electron chi connectivity index (χ3n) is 5.81. The van der Waals surface area contributed by atoms with Crippen molar-refractivity contribution < 1.29 is 24.6 Å². The minimum absolute atomic E-state index is 0.0641. The molecule has 2 aromatic carbocycles. The molecule has 7 nitrogen and oxygen atoms in total. The van der Waals surface area contributed by atoms with E-state index >= 15 is 0 Å². The van der Waals surface area contributed by atoms with Crippen LogP contribution in [0.4, 0.5) is 0 Å². The van der Waals surface area contributed by atoms with Gasteiger partial charge in [-0.2, -0.15) is 12.6 Å². The van der Waals surface area contributed by atoms with Gasteiger partial charge in [0, 0.05) is 6.42 Å². The molecule has 0 bridgehead atoms. The van der Waals surface area contributed by atoms with Crippen LogP contribution < -0.4 is 10.6 Å². The maximum atomic E-state index is 13.2. The molecular formula is C24H28N2O5S. The van der Waals surface area contributed by atoms with Gasteiger partial charge in [-0.1, -0.05) is 55.3 Å². The van der Waals surface area contributed by atoms with Crippen LogP contribution >= 0.6 is 12.6 Å². The Hall–Kier alpha value is -3.00. The average Bonchev–Trinajstić information content (AvgIpc) is 3.25. The Morgan fingerprint density at radius 1 is 0.938 bits per heavy atom. The highest BCUT2D eigenvalue weighted by atomic mass is 32.1. The number of hydrogen-bond acceptors (Lipinski definition) is 5. The SMILES string of the molecule is O=C(O)[C@H](Cc1ccc(O)cc1)NC(=O)C1(NC(=O)[C@@H](S)Cc2ccccc2)CCCC1. The zero-order chi connectivity index (χ0) is 23.1. The van der Waals surface area contributed by atoms with Crippen molar-refractivity contribution in [1.82, 2.24) is 10.6 Å². The second kappa shape index (κ2) is 10.5. The van der Waals surface area contributed by atoms with Gasteiger partial charge in [0.1, 0.15) is 17.3 Å². The van der Waals surface area contributed by atoms with Gasteiger partial charge in [0.2, 0.25) is 11.8 Å². The second-order valence-corrected chi connectivity index (χ2v) is 8.84. The average molecular weight is 457 g/mol. The van der Waals surface area contributed by atoms with Crippen molar-refractivity contribution in [2.24, 2.45) is 0 Å². The van der Waals surface area contributed by atoms with E-state index in [1.54, 1.807) is 12.1 Å². The zero-order valence-electron chi connectivity index (χ0n) is 17.7. The maximum Gasteiger partial charge on any atom is 0.326 e. The third-order valence-corrected chi connectivity index (χ3v) is 6.23. The number of aromatic hydroxyl groups is 1. The van der Waals surface area contributed by atoms with Gasteiger partial charge in [-0.25, -0.2) is 4.79 Å². The molecule has 32 heavy (non-hydrogen) atoms. The highest BCUT2D eigenvalue weighted by Crippen LogP contribution is 2.31. The molecule has 0 aromatic heterocycles. The molecule has 0 saturated heterocycles. The molecule has 2 amide bonds. The van der Waals surface area contributed by atoms with E-state index in [0.29, 0.717) is 24.8 Å². The van der Waals surface area contributed by atoms with Crippen LogP contribution in [-0.4, -0.2) is 44.8 Å². The number of thiol groups is 1. The van der Waals surface area contributed by atoms with E-state index in [4.69, 9.17) is 0 Å². The number of benzene rings is 2. The number of carbonyl (C=O) groups excluding carboxylic acids is 2. The standard InChI is InChI=1S/C24H28N2O5S/c27-18-10-8-17(9-11-18)14-19(22(29)30)25-23(31)24(12-4-5-13-24)26-21(28)20(32)15-16-6-2-1-3-7-16/h1-3,6-11,19-20,27,32H,4-5,12-15H2,(H,25,31)(H,26,28)(H,29,30)/t19-,20-/m0/s1. The fourth-order valence-electron chi connectivity index (χ4n) is 4.00. The normalized spacial score (nSPS) is 16.7. The molecule has 1 fully saturated rings. The minimum Gasteiger partial charge on any atom is -0.508 e. The van der Waals surface area contributed by atoms with Crippen molar-refractivity contribution in [1.29, 1.82) is 0 Å². The molecule has 0 aliphatic heterocycles. The van der Waals surface area contributed by atoms with Crippen LogP contribution in [0.1, 0.15) is 36.8 Å². The smallest absolute Gasteiger partial charge is 0.326 e. The van der Waals surface area contributed by atoms with E-state index in [1.807, 2.05) is 30.3 Å². The number of rotatable bonds is 9. The lowest BCUT2D eigenvalue weighted by atomic mass is 9.94. The Morgan fingerprint density at radius 2 is 1.53 bits per heavy atom. The van der Waals surface area contributed by atoms with Gasteiger partial charge in [0.25, 0.3) is 0 Å². The largest absolute Gasteiger partial charge is 0.508 e. The fraction of sp³-hybridized carbons (Fsp3) is 0.375. The lowest BCUT2D eigenvalue weighted by molar-refractivity contribution is -0.143. The lowest BCUT2D eigenvalue weighted by Gasteiger charge is -2.31. The monoisotopic (exact) mass is 456 g/mol. The van der Waals surface area contributed by atoms with Gasteiger partial charge in [0.15, 0.2) is 0 Å². The van der Waals surface area contributed by atoms with Gasteiger partial charge in [-0.05, 0) is 42.5 Å². The Balaban J connectivity index is 1.68. The first-order valence-corrected chi connectivity index (χ1v) is 11.2. The summed E-state index contributed by atoms with van der Waals surface area (Å²) in [5, 5.41) is 23.9. The van der Waals surface area contributed by atoms with Gasteiger partial charge in [0.05, 0.1) is 5.25 Å². The molecule has 1 aliphatic carbocycles. The van der Waals surface area contributed by atoms with E-state index in [-0.39, 0.29) is 18.1 Å². The van der Waals surface area contributed by atoms with E-state index < -0.39 is 28.7 Å². The first-order valence-electron chi connectivity index (χ1n) is 10.6. The van der Waals surface area contributed by atoms with Gasteiger partial charge in [-0.3, -0.25) is 9.59 Å². The summed E-state index contributed by atoms with van der Waals surface area (Å²) in [7, 11) is 0. The molecule has 1 saturated carbocycles. The molecule has 2 aromatic rings. The molecule has 8 heteroatoms. The Morgan fingerprint density at radius 3 is 2.12 bits per heavy atom. The van der Waals surface area contributed by atoms with Crippen LogP contribution in [0.5, 0.6) is 5.75 Å². The summed E-state index contributed by atoms with van der Waals surface area (Å²) in [6.07, 6.45) is 2.91. The van der Waals surface area contributed by atoms with Crippen molar-refractivity contribution in [3.63, 3.8) is 0 Å². The van der Waals surface area contributed by atoms with E-state index in [0.717, 1.165) is 18.4 Å². The van der Waals surface area contributed by atoms with Crippen LogP contribution in [0, 0.1) is 0 Å². The highest BCUT2D eigenvalue weighted by Gasteiger charge is 2.44. The number of carbonyl (C=O) groups is 3. The summed E-state index contributed by atoms with van der Waals surface area (Å²) in [5.41, 5.74) is 0.489. The van der Waals surface area contributed by atoms with Crippen molar-refractivity contribution >= 4 is 30.4 Å². The van der Waals surface area contributed by atoms with Crippen LogP contribution in [0.15, 0.2) is 54.6 Å². The highest BCUT2D eigenvalue weighted by molar-refractivity contribution is 7.81. The van der Waals surface area contributed by atoms with Crippen molar-refractivity contribution in [2.75, 3.05) is 0 Å². The molecule has 0 heterocycles. The topological polar surface area (TPSA) is 116 Å². The maximum absolute atomic E-state index is 13.2. The van der Waals surface area contributed by atoms with Crippen LogP contribution in [0.3, 0.4) is 0 Å². The second-order valence-electron chi connectivity index (χ2n) is 8.22. The predicted molar refractivity (Wildman–Crippen MR) is 124 cm³/mol. The molecule has 1 aliphatic rings. The quantitative estimate of drug-likeness (QED) is 0.372. The molecular weight excluding hydrogens is 428 g/mol. The summed E-state index contributed by atoms with van der Waals surface area (Å²) in [4.78, 5) is 37.8. The van der Waals surface area contributed by atoms with Gasteiger partial charge in [-0.15, -0.1) is 0 Å². The van der Waals surface area contributed by atoms with Crippen molar-refractivity contribution in [2.45, 2.75) is 55.4 Å². The zero-order valence-corrected chi connectivity index (χ0v) is 18.6. The number of nitrogens with one attached hydrogen (secondary N) is 2. The number of amides is 2. The number of phenolic OH excluding ortho intramolecular Hbond substituents is 1. The van der Waals surface area contributed by atoms with E-state index in [1.165, 1.54) is 12.1 Å². The molecule has 0 spiro atoms. The third kappa shape index (κ3) is 6.03. The number of carboxylic acids is 1. The number of phenols is 1. The van der Waals surface area contributed by atoms with Crippen molar-refractivity contribution in [3.8, 4) is 5.75 Å². The first kappa shape index (κ1) is 23.7. The van der Waals surface area contributed by atoms with Crippen molar-refractivity contribution in [3.05, 3.63) is 65.7 Å². The molecule has 170 valence electrons. The van der Waals surface area contributed by atoms with E-state index in [2.05, 4.69) is 23.3 Å². The molecule has 4 N–H and O–H groups in total. The summed E-state index contributed by atoms with van der Waals surface area (Å²) in [6, 6.07) is 14.5. The number of carboxylic acid groups (broad SMARTS) is 1. The van der Waals surface area contributed by atoms with Gasteiger partial charge < -0.3 is 20.8 Å². The van der Waals surface area contributed by atoms with Crippen LogP contribution in [0.25, 0.3) is 0 Å².